The second-order valence-corrected chi connectivity index (χ2v) is 36.7. The monoisotopic (exact) mass is 1780 g/mol. The van der Waals surface area contributed by atoms with Crippen LogP contribution in [0.2, 0.25) is 10.0 Å². The highest BCUT2D eigenvalue weighted by Gasteiger charge is 2.37. The van der Waals surface area contributed by atoms with Crippen molar-refractivity contribution in [2.45, 2.75) is 176 Å². The van der Waals surface area contributed by atoms with Gasteiger partial charge in [0.2, 0.25) is 29.5 Å². The molecule has 11 aromatic carbocycles. The normalized spacial score (nSPS) is 19.0. The third-order valence-corrected chi connectivity index (χ3v) is 27.2. The van der Waals surface area contributed by atoms with Gasteiger partial charge in [0.05, 0.1) is 18.1 Å². The molecule has 15 nitrogen and oxygen atoms in total. The van der Waals surface area contributed by atoms with Crippen LogP contribution < -0.4 is 31.9 Å². The van der Waals surface area contributed by atoms with Crippen molar-refractivity contribution in [3.8, 4) is 0 Å². The Hall–Kier alpha value is -11.6. The van der Waals surface area contributed by atoms with Crippen LogP contribution >= 0.6 is 23.2 Å². The van der Waals surface area contributed by atoms with Gasteiger partial charge in [0.1, 0.15) is 0 Å². The van der Waals surface area contributed by atoms with Gasteiger partial charge >= 0.3 is 0 Å². The average molecular weight is 1780 g/mol. The smallest absolute Gasteiger partial charge is 0.251 e. The number of benzene rings is 11. The number of carbonyl (C=O) groups excluding carboxylic acids is 6. The zero-order valence-corrected chi connectivity index (χ0v) is 76.4. The Morgan fingerprint density at radius 2 is 0.654 bits per heavy atom. The van der Waals surface area contributed by atoms with Crippen LogP contribution in [0.3, 0.4) is 0 Å². The molecule has 5 aliphatic rings. The van der Waals surface area contributed by atoms with E-state index in [0.717, 1.165) is 73.3 Å². The van der Waals surface area contributed by atoms with E-state index in [9.17, 15) is 28.8 Å². The summed E-state index contributed by atoms with van der Waals surface area (Å²) in [5.41, 5.74) is 11.0. The van der Waals surface area contributed by atoms with E-state index in [1.54, 1.807) is 30.4 Å². The number of aryl methyl sites for hydroxylation is 1. The van der Waals surface area contributed by atoms with Gasteiger partial charge in [0, 0.05) is 123 Å². The van der Waals surface area contributed by atoms with Gasteiger partial charge in [-0.15, -0.1) is 0 Å². The van der Waals surface area contributed by atoms with Crippen molar-refractivity contribution in [2.24, 2.45) is 11.8 Å². The van der Waals surface area contributed by atoms with E-state index in [1.165, 1.54) is 109 Å². The Morgan fingerprint density at radius 1 is 0.338 bits per heavy atom. The molecule has 3 heterocycles. The maximum absolute atomic E-state index is 14.2. The summed E-state index contributed by atoms with van der Waals surface area (Å²) in [6.07, 6.45) is 27.3. The van der Waals surface area contributed by atoms with Gasteiger partial charge in [-0.3, -0.25) is 28.8 Å². The molecule has 6 N–H and O–H groups in total. The van der Waals surface area contributed by atoms with Crippen molar-refractivity contribution in [3.05, 3.63) is 381 Å². The molecular formula is C113H127Cl2N9O6. The molecule has 0 aromatic heterocycles. The minimum Gasteiger partial charge on any atom is -0.351 e. The van der Waals surface area contributed by atoms with Crippen LogP contribution in [0.25, 0.3) is 22.9 Å². The number of fused-ring (bicyclic) bond motifs is 1. The van der Waals surface area contributed by atoms with Gasteiger partial charge in [-0.2, -0.15) is 0 Å². The standard InChI is InChI=1S/C39H45N3O2.C37H44ClN3O2.C37H38ClN3O2/c43-38(34-22-21-30-14-10-11-19-33(30)26-34)40-27-35-24-25-42(39(44)37(41-35)23-20-29-12-4-1-5-13-29)28-36(31-15-6-2-7-16-31)32-17-8-3-9-18-32;2*38-32-20-16-29(17-21-32)19-23-36(42)39-26-33-24-25-41(37(43)35(40-33)22-18-28-10-4-1-5-11-28)27-34(30-12-6-2-7-13-30)31-14-8-3-9-15-31/h2-3,6-11,14-19,21-22,26,29,35-37,41H,1,4-5,12-13,20,23-25,27-28H2,(H,40,43);2-3,6-9,12-17,19-21,23,28,33-35,40H,1,4-5,10-11,18,22,24-27H2,(H,39,42);1-17,19-21,23,33-35,40H,18,22,24-27H2,(H,39,42)/b;2*23-19+/t35-,37-;2*33-,35-/m000/s1. The molecular weight excluding hydrogens is 1650 g/mol. The van der Waals surface area contributed by atoms with Crippen LogP contribution in [0.4, 0.5) is 0 Å². The Balaban J connectivity index is 0.000000157. The number of hydrogen-bond acceptors (Lipinski definition) is 9. The molecule has 0 spiro atoms. The molecule has 6 atom stereocenters. The molecule has 6 amide bonds. The van der Waals surface area contributed by atoms with Crippen molar-refractivity contribution in [3.63, 3.8) is 0 Å². The molecule has 5 fully saturated rings. The lowest BCUT2D eigenvalue weighted by molar-refractivity contribution is -0.133. The summed E-state index contributed by atoms with van der Waals surface area (Å²) in [5, 5.41) is 23.8. The van der Waals surface area contributed by atoms with Crippen LogP contribution in [0.5, 0.6) is 0 Å². The van der Waals surface area contributed by atoms with Crippen LogP contribution in [-0.2, 0) is 30.4 Å². The number of rotatable bonds is 32. The van der Waals surface area contributed by atoms with E-state index in [1.807, 2.05) is 132 Å². The Bertz CT molecular complexity index is 5260. The van der Waals surface area contributed by atoms with E-state index in [2.05, 4.69) is 205 Å². The molecule has 0 radical (unpaired) electrons. The maximum atomic E-state index is 14.2. The second kappa shape index (κ2) is 50.0. The number of hydrogen-bond donors (Lipinski definition) is 6. The summed E-state index contributed by atoms with van der Waals surface area (Å²) in [5.74, 6) is 1.79. The molecule has 17 heteroatoms. The highest BCUT2D eigenvalue weighted by atomic mass is 35.5. The molecule has 2 aliphatic carbocycles. The fraction of sp³-hybridized carbons (Fsp3) is 0.345. The lowest BCUT2D eigenvalue weighted by atomic mass is 9.85. The van der Waals surface area contributed by atoms with E-state index in [0.29, 0.717) is 92.8 Å². The Morgan fingerprint density at radius 3 is 1.01 bits per heavy atom. The molecule has 11 aromatic rings. The summed E-state index contributed by atoms with van der Waals surface area (Å²) in [6.45, 7) is 5.22. The maximum Gasteiger partial charge on any atom is 0.251 e. The van der Waals surface area contributed by atoms with Gasteiger partial charge in [0.15, 0.2) is 0 Å². The number of halogens is 2. The van der Waals surface area contributed by atoms with Crippen molar-refractivity contribution in [2.75, 3.05) is 58.9 Å². The van der Waals surface area contributed by atoms with Gasteiger partial charge in [-0.05, 0) is 179 Å². The van der Waals surface area contributed by atoms with Crippen molar-refractivity contribution in [1.29, 1.82) is 0 Å². The van der Waals surface area contributed by atoms with Crippen LogP contribution in [0.15, 0.2) is 315 Å². The van der Waals surface area contributed by atoms with Gasteiger partial charge in [-0.25, -0.2) is 0 Å². The number of amides is 6. The topological polar surface area (TPSA) is 184 Å². The van der Waals surface area contributed by atoms with Crippen molar-refractivity contribution in [1.82, 2.24) is 46.6 Å². The molecule has 16 rings (SSSR count). The van der Waals surface area contributed by atoms with E-state index in [4.69, 9.17) is 23.2 Å². The number of nitrogens with one attached hydrogen (secondary N) is 6. The first-order valence-corrected chi connectivity index (χ1v) is 48.2. The predicted molar refractivity (Wildman–Crippen MR) is 530 cm³/mol. The first-order chi connectivity index (χ1) is 63.7. The van der Waals surface area contributed by atoms with Crippen molar-refractivity contribution < 1.29 is 28.8 Å². The van der Waals surface area contributed by atoms with Gasteiger partial charge in [0.25, 0.3) is 5.91 Å². The third-order valence-electron chi connectivity index (χ3n) is 26.7. The van der Waals surface area contributed by atoms with Gasteiger partial charge in [-0.1, -0.05) is 354 Å². The largest absolute Gasteiger partial charge is 0.351 e. The van der Waals surface area contributed by atoms with E-state index in [-0.39, 0.29) is 89.4 Å². The predicted octanol–water partition coefficient (Wildman–Crippen LogP) is 21.0. The highest BCUT2D eigenvalue weighted by Crippen LogP contribution is 2.35. The van der Waals surface area contributed by atoms with Crippen LogP contribution in [0.1, 0.15) is 194 Å². The first kappa shape index (κ1) is 94.6. The first-order valence-electron chi connectivity index (χ1n) is 47.4. The summed E-state index contributed by atoms with van der Waals surface area (Å²) >= 11 is 11.9. The average Bonchev–Trinajstić information content (AvgIpc) is 1.23. The van der Waals surface area contributed by atoms with Gasteiger partial charge < -0.3 is 46.6 Å². The van der Waals surface area contributed by atoms with E-state index >= 15 is 0 Å². The lowest BCUT2D eigenvalue weighted by Crippen LogP contribution is -2.49. The zero-order valence-electron chi connectivity index (χ0n) is 74.9. The van der Waals surface area contributed by atoms with Crippen LogP contribution in [-0.4, -0.2) is 145 Å². The lowest BCUT2D eigenvalue weighted by Gasteiger charge is -2.30. The molecule has 130 heavy (non-hydrogen) atoms. The molecule has 674 valence electrons. The third kappa shape index (κ3) is 29.0. The molecule has 0 unspecified atom stereocenters. The molecule has 3 aliphatic heterocycles. The van der Waals surface area contributed by atoms with E-state index < -0.39 is 0 Å². The minimum atomic E-state index is -0.346. The summed E-state index contributed by atoms with van der Waals surface area (Å²) in [7, 11) is 0. The molecule has 0 bridgehead atoms. The summed E-state index contributed by atoms with van der Waals surface area (Å²) in [6, 6.07) is 101. The SMILES string of the molecule is O=C(/C=C/c1ccc(Cl)cc1)NC[C@@H]1CCN(CC(c2ccccc2)c2ccccc2)C(=O)[C@H](CCC2CCCCC2)N1.O=C(/C=C/c1ccc(Cl)cc1)NC[C@@H]1CCN(CC(c2ccccc2)c2ccccc2)C(=O)[C@H](CCc2ccccc2)N1.O=C(NC[C@@H]1CCN(CC(c2ccccc2)c2ccccc2)C(=O)[C@H](CCC2CCCCC2)N1)c1ccc2ccccc2c1. The number of carbonyl (C=O) groups is 6. The summed E-state index contributed by atoms with van der Waals surface area (Å²) in [4.78, 5) is 87.2. The molecule has 2 saturated carbocycles. The summed E-state index contributed by atoms with van der Waals surface area (Å²) < 4.78 is 0. The minimum absolute atomic E-state index is 0.0186. The zero-order chi connectivity index (χ0) is 89.9. The quantitative estimate of drug-likeness (QED) is 0.0223. The van der Waals surface area contributed by atoms with Crippen molar-refractivity contribution >= 4 is 81.6 Å². The number of nitrogens with zero attached hydrogens (tertiary/aromatic N) is 3. The second-order valence-electron chi connectivity index (χ2n) is 35.8. The highest BCUT2D eigenvalue weighted by molar-refractivity contribution is 6.31. The van der Waals surface area contributed by atoms with Crippen LogP contribution in [0, 0.1) is 11.8 Å². The molecule has 3 saturated heterocycles. The Kier molecular flexibility index (Phi) is 36.4. The Labute approximate surface area is 779 Å². The fourth-order valence-electron chi connectivity index (χ4n) is 19.3. The fourth-order valence-corrected chi connectivity index (χ4v) is 19.5.